The van der Waals surface area contributed by atoms with Gasteiger partial charge in [0.2, 0.25) is 0 Å². The summed E-state index contributed by atoms with van der Waals surface area (Å²) in [5.41, 5.74) is 0.477. The molecule has 0 aliphatic carbocycles. The molecule has 1 unspecified atom stereocenters. The molecule has 0 radical (unpaired) electrons. The Balaban J connectivity index is 3.05. The Labute approximate surface area is 130 Å². The number of thioether (sulfide) groups is 1. The lowest BCUT2D eigenvalue weighted by Crippen LogP contribution is -2.52. The van der Waals surface area contributed by atoms with Gasteiger partial charge < -0.3 is 10.1 Å². The van der Waals surface area contributed by atoms with Crippen molar-refractivity contribution in [1.82, 2.24) is 5.32 Å². The monoisotopic (exact) mass is 309 g/mol. The highest BCUT2D eigenvalue weighted by atomic mass is 32.2. The molecule has 4 nitrogen and oxygen atoms in total. The van der Waals surface area contributed by atoms with Crippen LogP contribution in [0.5, 0.6) is 0 Å². The summed E-state index contributed by atoms with van der Waals surface area (Å²) < 4.78 is 4.82. The summed E-state index contributed by atoms with van der Waals surface area (Å²) in [6, 6.07) is 5.73. The van der Waals surface area contributed by atoms with Crippen molar-refractivity contribution in [2.45, 2.75) is 44.0 Å². The van der Waals surface area contributed by atoms with Crippen LogP contribution in [0.1, 0.15) is 42.6 Å². The van der Waals surface area contributed by atoms with E-state index in [2.05, 4.69) is 5.32 Å². The summed E-state index contributed by atoms with van der Waals surface area (Å²) in [4.78, 5) is 25.5. The van der Waals surface area contributed by atoms with E-state index in [0.717, 1.165) is 16.9 Å². The molecule has 1 amide bonds. The molecule has 0 aliphatic rings. The molecule has 0 aromatic heterocycles. The van der Waals surface area contributed by atoms with Gasteiger partial charge in [-0.2, -0.15) is 0 Å². The fourth-order valence-electron chi connectivity index (χ4n) is 2.23. The third-order valence-corrected chi connectivity index (χ3v) is 4.19. The molecule has 1 aromatic carbocycles. The number of methoxy groups -OCH3 is 1. The van der Waals surface area contributed by atoms with Crippen molar-refractivity contribution in [2.75, 3.05) is 13.4 Å². The van der Waals surface area contributed by atoms with Crippen molar-refractivity contribution in [3.05, 3.63) is 29.3 Å². The minimum Gasteiger partial charge on any atom is -0.467 e. The molecule has 116 valence electrons. The first kappa shape index (κ1) is 17.6. The molecule has 1 aromatic rings. The Morgan fingerprint density at radius 2 is 2.05 bits per heavy atom. The van der Waals surface area contributed by atoms with Crippen LogP contribution >= 0.6 is 11.8 Å². The Morgan fingerprint density at radius 3 is 2.57 bits per heavy atom. The number of rotatable bonds is 6. The molecule has 0 heterocycles. The molecule has 0 saturated carbocycles. The van der Waals surface area contributed by atoms with Gasteiger partial charge in [-0.05, 0) is 44.2 Å². The van der Waals surface area contributed by atoms with Gasteiger partial charge in [0.25, 0.3) is 5.91 Å². The SMILES string of the molecule is CCCC(C)(NC(=O)c1cc(SC)ccc1C)C(=O)OC. The number of benzene rings is 1. The third-order valence-electron chi connectivity index (χ3n) is 3.46. The quantitative estimate of drug-likeness (QED) is 0.648. The van der Waals surface area contributed by atoms with Crippen LogP contribution < -0.4 is 5.32 Å². The van der Waals surface area contributed by atoms with Crippen molar-refractivity contribution in [3.63, 3.8) is 0 Å². The molecule has 1 atom stereocenters. The van der Waals surface area contributed by atoms with Gasteiger partial charge in [-0.1, -0.05) is 19.4 Å². The van der Waals surface area contributed by atoms with Gasteiger partial charge in [0.05, 0.1) is 7.11 Å². The summed E-state index contributed by atoms with van der Waals surface area (Å²) in [5.74, 6) is -0.666. The first-order valence-electron chi connectivity index (χ1n) is 6.93. The molecule has 1 rings (SSSR count). The zero-order chi connectivity index (χ0) is 16.0. The highest BCUT2D eigenvalue weighted by Crippen LogP contribution is 2.21. The Morgan fingerprint density at radius 1 is 1.38 bits per heavy atom. The Hall–Kier alpha value is -1.49. The Kier molecular flexibility index (Phi) is 6.27. The lowest BCUT2D eigenvalue weighted by molar-refractivity contribution is -0.147. The molecule has 0 aliphatic heterocycles. The molecule has 0 saturated heterocycles. The predicted octanol–water partition coefficient (Wildman–Crippen LogP) is 3.18. The number of amides is 1. The van der Waals surface area contributed by atoms with Crippen molar-refractivity contribution in [1.29, 1.82) is 0 Å². The summed E-state index contributed by atoms with van der Waals surface area (Å²) in [6.07, 6.45) is 3.27. The van der Waals surface area contributed by atoms with Gasteiger partial charge in [-0.3, -0.25) is 4.79 Å². The first-order chi connectivity index (χ1) is 9.87. The van der Waals surface area contributed by atoms with E-state index in [0.29, 0.717) is 12.0 Å². The smallest absolute Gasteiger partial charge is 0.331 e. The molecule has 1 N–H and O–H groups in total. The van der Waals surface area contributed by atoms with Gasteiger partial charge in [-0.25, -0.2) is 4.79 Å². The average Bonchev–Trinajstić information content (AvgIpc) is 2.46. The Bertz CT molecular complexity index is 530. The second-order valence-corrected chi connectivity index (χ2v) is 6.09. The van der Waals surface area contributed by atoms with Gasteiger partial charge in [0.15, 0.2) is 0 Å². The van der Waals surface area contributed by atoms with E-state index in [4.69, 9.17) is 4.74 Å². The van der Waals surface area contributed by atoms with Gasteiger partial charge in [0.1, 0.15) is 5.54 Å². The van der Waals surface area contributed by atoms with Crippen LogP contribution in [0.3, 0.4) is 0 Å². The number of hydrogen-bond donors (Lipinski definition) is 1. The minimum atomic E-state index is -0.998. The van der Waals surface area contributed by atoms with Crippen LogP contribution in [-0.2, 0) is 9.53 Å². The van der Waals surface area contributed by atoms with E-state index in [9.17, 15) is 9.59 Å². The van der Waals surface area contributed by atoms with E-state index >= 15 is 0 Å². The number of nitrogens with one attached hydrogen (secondary N) is 1. The van der Waals surface area contributed by atoms with Crippen LogP contribution in [0.4, 0.5) is 0 Å². The van der Waals surface area contributed by atoms with Crippen LogP contribution in [0.2, 0.25) is 0 Å². The molecular formula is C16H23NO3S. The largest absolute Gasteiger partial charge is 0.467 e. The van der Waals surface area contributed by atoms with Gasteiger partial charge in [0, 0.05) is 10.5 Å². The lowest BCUT2D eigenvalue weighted by atomic mass is 9.95. The van der Waals surface area contributed by atoms with E-state index < -0.39 is 11.5 Å². The molecule has 0 spiro atoms. The average molecular weight is 309 g/mol. The van der Waals surface area contributed by atoms with E-state index in [1.165, 1.54) is 7.11 Å². The summed E-state index contributed by atoms with van der Waals surface area (Å²) in [6.45, 7) is 5.55. The number of hydrogen-bond acceptors (Lipinski definition) is 4. The van der Waals surface area contributed by atoms with Crippen molar-refractivity contribution < 1.29 is 14.3 Å². The number of aryl methyl sites for hydroxylation is 1. The van der Waals surface area contributed by atoms with Crippen LogP contribution in [-0.4, -0.2) is 30.8 Å². The maximum Gasteiger partial charge on any atom is 0.331 e. The van der Waals surface area contributed by atoms with Gasteiger partial charge >= 0.3 is 5.97 Å². The molecule has 0 bridgehead atoms. The third kappa shape index (κ3) is 4.24. The molecule has 0 fully saturated rings. The summed E-state index contributed by atoms with van der Waals surface area (Å²) in [7, 11) is 1.34. The van der Waals surface area contributed by atoms with Crippen molar-refractivity contribution >= 4 is 23.6 Å². The van der Waals surface area contributed by atoms with E-state index in [1.54, 1.807) is 18.7 Å². The van der Waals surface area contributed by atoms with E-state index in [1.807, 2.05) is 38.3 Å². The highest BCUT2D eigenvalue weighted by molar-refractivity contribution is 7.98. The molecular weight excluding hydrogens is 286 g/mol. The second-order valence-electron chi connectivity index (χ2n) is 5.21. The fraction of sp³-hybridized carbons (Fsp3) is 0.500. The predicted molar refractivity (Wildman–Crippen MR) is 85.8 cm³/mol. The standard InChI is InChI=1S/C16H23NO3S/c1-6-9-16(3,15(19)20-4)17-14(18)13-10-12(21-5)8-7-11(13)2/h7-8,10H,6,9H2,1-5H3,(H,17,18). The fourth-order valence-corrected chi connectivity index (χ4v) is 2.67. The summed E-state index contributed by atoms with van der Waals surface area (Å²) in [5, 5.41) is 2.83. The minimum absolute atomic E-state index is 0.246. The normalized spacial score (nSPS) is 13.4. The molecule has 5 heteroatoms. The number of carbonyl (C=O) groups is 2. The van der Waals surface area contributed by atoms with Crippen LogP contribution in [0, 0.1) is 6.92 Å². The number of esters is 1. The van der Waals surface area contributed by atoms with Crippen LogP contribution in [0.15, 0.2) is 23.1 Å². The highest BCUT2D eigenvalue weighted by Gasteiger charge is 2.35. The van der Waals surface area contributed by atoms with Gasteiger partial charge in [-0.15, -0.1) is 11.8 Å². The lowest BCUT2D eigenvalue weighted by Gasteiger charge is -2.28. The maximum absolute atomic E-state index is 12.5. The van der Waals surface area contributed by atoms with Crippen LogP contribution in [0.25, 0.3) is 0 Å². The second kappa shape index (κ2) is 7.50. The van der Waals surface area contributed by atoms with E-state index in [-0.39, 0.29) is 5.91 Å². The van der Waals surface area contributed by atoms with Crippen molar-refractivity contribution in [3.8, 4) is 0 Å². The summed E-state index contributed by atoms with van der Waals surface area (Å²) >= 11 is 1.58. The maximum atomic E-state index is 12.5. The zero-order valence-electron chi connectivity index (χ0n) is 13.3. The topological polar surface area (TPSA) is 55.4 Å². The van der Waals surface area contributed by atoms with Crippen molar-refractivity contribution in [2.24, 2.45) is 0 Å². The molecule has 21 heavy (non-hydrogen) atoms. The number of ether oxygens (including phenoxy) is 1. The number of carbonyl (C=O) groups excluding carboxylic acids is 2. The zero-order valence-corrected chi connectivity index (χ0v) is 14.1. The first-order valence-corrected chi connectivity index (χ1v) is 8.16.